The molecule has 0 radical (unpaired) electrons. The van der Waals surface area contributed by atoms with E-state index in [1.54, 1.807) is 19.0 Å². The largest absolute Gasteiger partial charge is 0.357 e. The summed E-state index contributed by atoms with van der Waals surface area (Å²) in [5.74, 6) is 0.393. The number of hydrogen-bond donors (Lipinski definition) is 1. The molecule has 1 amide bonds. The zero-order chi connectivity index (χ0) is 14.7. The number of fused-ring (bicyclic) bond motifs is 1. The molecule has 0 saturated heterocycles. The Balaban J connectivity index is 2.60. The highest BCUT2D eigenvalue weighted by molar-refractivity contribution is 14.1. The minimum atomic E-state index is -0.0715. The zero-order valence-corrected chi connectivity index (χ0v) is 13.9. The SMILES string of the molecule is CCCN(C)C(=O)c1nc(NC)nc2ccc(I)cc12. The Morgan fingerprint density at radius 1 is 1.40 bits per heavy atom. The van der Waals surface area contributed by atoms with Crippen LogP contribution in [0.2, 0.25) is 0 Å². The third-order valence-corrected chi connectivity index (χ3v) is 3.66. The highest BCUT2D eigenvalue weighted by Gasteiger charge is 2.18. The van der Waals surface area contributed by atoms with E-state index in [1.807, 2.05) is 25.1 Å². The molecule has 20 heavy (non-hydrogen) atoms. The van der Waals surface area contributed by atoms with E-state index in [-0.39, 0.29) is 5.91 Å². The molecule has 0 atom stereocenters. The molecule has 106 valence electrons. The summed E-state index contributed by atoms with van der Waals surface area (Å²) in [6.07, 6.45) is 0.918. The first-order valence-electron chi connectivity index (χ1n) is 6.47. The van der Waals surface area contributed by atoms with Gasteiger partial charge in [0.1, 0.15) is 5.69 Å². The maximum atomic E-state index is 12.5. The van der Waals surface area contributed by atoms with Crippen molar-refractivity contribution in [3.63, 3.8) is 0 Å². The van der Waals surface area contributed by atoms with Crippen LogP contribution in [0, 0.1) is 3.57 Å². The molecule has 1 aromatic carbocycles. The Kier molecular flexibility index (Phi) is 4.74. The molecule has 0 aliphatic rings. The molecule has 1 heterocycles. The van der Waals surface area contributed by atoms with Gasteiger partial charge in [0, 0.05) is 29.6 Å². The molecule has 0 aliphatic carbocycles. The monoisotopic (exact) mass is 384 g/mol. The van der Waals surface area contributed by atoms with Crippen molar-refractivity contribution in [2.75, 3.05) is 26.0 Å². The fraction of sp³-hybridized carbons (Fsp3) is 0.357. The van der Waals surface area contributed by atoms with Crippen LogP contribution in [0.3, 0.4) is 0 Å². The molecule has 1 N–H and O–H groups in total. The highest BCUT2D eigenvalue weighted by Crippen LogP contribution is 2.21. The lowest BCUT2D eigenvalue weighted by Crippen LogP contribution is -2.28. The Morgan fingerprint density at radius 3 is 2.80 bits per heavy atom. The molecule has 2 rings (SSSR count). The lowest BCUT2D eigenvalue weighted by atomic mass is 10.1. The third kappa shape index (κ3) is 3.00. The zero-order valence-electron chi connectivity index (χ0n) is 11.8. The van der Waals surface area contributed by atoms with E-state index < -0.39 is 0 Å². The molecule has 0 aliphatic heterocycles. The molecule has 0 spiro atoms. The fourth-order valence-corrected chi connectivity index (χ4v) is 2.48. The Bertz CT molecular complexity index is 644. The molecule has 6 heteroatoms. The van der Waals surface area contributed by atoms with Crippen LogP contribution in [0.25, 0.3) is 10.9 Å². The lowest BCUT2D eigenvalue weighted by molar-refractivity contribution is 0.0791. The van der Waals surface area contributed by atoms with Crippen molar-refractivity contribution in [2.24, 2.45) is 0 Å². The third-order valence-electron chi connectivity index (χ3n) is 2.99. The van der Waals surface area contributed by atoms with Gasteiger partial charge in [0.2, 0.25) is 5.95 Å². The summed E-state index contributed by atoms with van der Waals surface area (Å²) in [7, 11) is 3.55. The van der Waals surface area contributed by atoms with Crippen LogP contribution < -0.4 is 5.32 Å². The number of rotatable bonds is 4. The topological polar surface area (TPSA) is 58.1 Å². The number of hydrogen-bond acceptors (Lipinski definition) is 4. The first kappa shape index (κ1) is 15.0. The molecular formula is C14H17IN4O. The maximum absolute atomic E-state index is 12.5. The summed E-state index contributed by atoms with van der Waals surface area (Å²) in [6.45, 7) is 2.76. The van der Waals surface area contributed by atoms with Crippen molar-refractivity contribution < 1.29 is 4.79 Å². The average molecular weight is 384 g/mol. The number of halogens is 1. The van der Waals surface area contributed by atoms with Crippen LogP contribution in [0.1, 0.15) is 23.8 Å². The molecule has 1 aromatic heterocycles. The minimum absolute atomic E-state index is 0.0715. The number of nitrogens with one attached hydrogen (secondary N) is 1. The predicted octanol–water partition coefficient (Wildman–Crippen LogP) is 2.76. The standard InChI is InChI=1S/C14H17IN4O/c1-4-7-19(3)13(20)12-10-8-9(15)5-6-11(10)17-14(16-2)18-12/h5-6,8H,4,7H2,1-3H3,(H,16,17,18). The van der Waals surface area contributed by atoms with Gasteiger partial charge in [0.15, 0.2) is 0 Å². The Hall–Kier alpha value is -1.44. The van der Waals surface area contributed by atoms with Crippen molar-refractivity contribution in [2.45, 2.75) is 13.3 Å². The van der Waals surface area contributed by atoms with E-state index in [1.165, 1.54) is 0 Å². The van der Waals surface area contributed by atoms with Crippen molar-refractivity contribution in [1.82, 2.24) is 14.9 Å². The summed E-state index contributed by atoms with van der Waals surface area (Å²) < 4.78 is 1.06. The number of aromatic nitrogens is 2. The summed E-state index contributed by atoms with van der Waals surface area (Å²) in [5.41, 5.74) is 1.23. The molecule has 0 bridgehead atoms. The second-order valence-corrected chi connectivity index (χ2v) is 5.78. The van der Waals surface area contributed by atoms with Gasteiger partial charge in [-0.05, 0) is 47.2 Å². The van der Waals surface area contributed by atoms with Crippen LogP contribution in [0.4, 0.5) is 5.95 Å². The van der Waals surface area contributed by atoms with E-state index in [0.717, 1.165) is 20.9 Å². The first-order valence-corrected chi connectivity index (χ1v) is 7.55. The van der Waals surface area contributed by atoms with E-state index in [9.17, 15) is 4.79 Å². The molecule has 0 unspecified atom stereocenters. The number of amides is 1. The first-order chi connectivity index (χ1) is 9.56. The quantitative estimate of drug-likeness (QED) is 0.824. The number of benzene rings is 1. The average Bonchev–Trinajstić information content (AvgIpc) is 2.45. The minimum Gasteiger partial charge on any atom is -0.357 e. The lowest BCUT2D eigenvalue weighted by Gasteiger charge is -2.17. The Morgan fingerprint density at radius 2 is 2.15 bits per heavy atom. The molecule has 5 nitrogen and oxygen atoms in total. The normalized spacial score (nSPS) is 10.6. The summed E-state index contributed by atoms with van der Waals surface area (Å²) >= 11 is 2.22. The Labute approximate surface area is 131 Å². The van der Waals surface area contributed by atoms with Crippen LogP contribution in [-0.4, -0.2) is 41.4 Å². The second-order valence-electron chi connectivity index (χ2n) is 4.53. The summed E-state index contributed by atoms with van der Waals surface area (Å²) in [4.78, 5) is 23.0. The molecule has 2 aromatic rings. The van der Waals surface area contributed by atoms with Gasteiger partial charge in [-0.2, -0.15) is 0 Å². The number of carbonyl (C=O) groups excluding carboxylic acids is 1. The van der Waals surface area contributed by atoms with Gasteiger partial charge >= 0.3 is 0 Å². The molecule has 0 fully saturated rings. The van der Waals surface area contributed by atoms with Crippen LogP contribution in [-0.2, 0) is 0 Å². The van der Waals surface area contributed by atoms with E-state index in [0.29, 0.717) is 18.2 Å². The second kappa shape index (κ2) is 6.34. The van der Waals surface area contributed by atoms with Crippen molar-refractivity contribution in [3.8, 4) is 0 Å². The van der Waals surface area contributed by atoms with E-state index >= 15 is 0 Å². The fourth-order valence-electron chi connectivity index (χ4n) is 1.99. The van der Waals surface area contributed by atoms with Crippen LogP contribution >= 0.6 is 22.6 Å². The van der Waals surface area contributed by atoms with Gasteiger partial charge in [0.05, 0.1) is 5.52 Å². The number of anilines is 1. The summed E-state index contributed by atoms with van der Waals surface area (Å²) in [6, 6.07) is 5.83. The van der Waals surface area contributed by atoms with Gasteiger partial charge in [-0.25, -0.2) is 9.97 Å². The number of nitrogens with zero attached hydrogens (tertiary/aromatic N) is 3. The van der Waals surface area contributed by atoms with Gasteiger partial charge in [-0.1, -0.05) is 6.92 Å². The van der Waals surface area contributed by atoms with Gasteiger partial charge in [-0.3, -0.25) is 4.79 Å². The van der Waals surface area contributed by atoms with E-state index in [2.05, 4.69) is 37.9 Å². The maximum Gasteiger partial charge on any atom is 0.273 e. The summed E-state index contributed by atoms with van der Waals surface area (Å²) in [5, 5.41) is 3.70. The smallest absolute Gasteiger partial charge is 0.273 e. The molecular weight excluding hydrogens is 367 g/mol. The van der Waals surface area contributed by atoms with Gasteiger partial charge < -0.3 is 10.2 Å². The van der Waals surface area contributed by atoms with Crippen LogP contribution in [0.15, 0.2) is 18.2 Å². The highest BCUT2D eigenvalue weighted by atomic mass is 127. The van der Waals surface area contributed by atoms with Crippen molar-refractivity contribution >= 4 is 45.3 Å². The number of carbonyl (C=O) groups is 1. The van der Waals surface area contributed by atoms with Gasteiger partial charge in [0.25, 0.3) is 5.91 Å². The van der Waals surface area contributed by atoms with Crippen LogP contribution in [0.5, 0.6) is 0 Å². The predicted molar refractivity (Wildman–Crippen MR) is 89.1 cm³/mol. The van der Waals surface area contributed by atoms with E-state index in [4.69, 9.17) is 0 Å². The van der Waals surface area contributed by atoms with Gasteiger partial charge in [-0.15, -0.1) is 0 Å². The van der Waals surface area contributed by atoms with Crippen molar-refractivity contribution in [1.29, 1.82) is 0 Å². The molecule has 0 saturated carbocycles. The van der Waals surface area contributed by atoms with Crippen molar-refractivity contribution in [3.05, 3.63) is 27.5 Å².